The van der Waals surface area contributed by atoms with Gasteiger partial charge in [0.25, 0.3) is 11.4 Å². The first-order valence-corrected chi connectivity index (χ1v) is 16.6. The fraction of sp³-hybridized carbons (Fsp3) is 0.0244. The van der Waals surface area contributed by atoms with Gasteiger partial charge in [0.15, 0.2) is 0 Å². The van der Waals surface area contributed by atoms with Crippen LogP contribution in [-0.4, -0.2) is 14.4 Å². The summed E-state index contributed by atoms with van der Waals surface area (Å²) in [5, 5.41) is 23.6. The Bertz CT molecular complexity index is 2280. The fourth-order valence-corrected chi connectivity index (χ4v) is 6.31. The smallest absolute Gasteiger partial charge is 0.277 e. The number of halogens is 1. The summed E-state index contributed by atoms with van der Waals surface area (Å²) in [7, 11) is 0. The second kappa shape index (κ2) is 15.4. The maximum absolute atomic E-state index is 11.4. The van der Waals surface area contributed by atoms with Gasteiger partial charge in [-0.25, -0.2) is 0 Å². The number of hydrogen-bond donors (Lipinski definition) is 0. The summed E-state index contributed by atoms with van der Waals surface area (Å²) in [5.74, 6) is 0. The summed E-state index contributed by atoms with van der Waals surface area (Å²) >= 11 is 2.28. The van der Waals surface area contributed by atoms with Gasteiger partial charge in [0.05, 0.1) is 26.5 Å². The van der Waals surface area contributed by atoms with E-state index in [0.29, 0.717) is 11.1 Å². The van der Waals surface area contributed by atoms with E-state index in [1.165, 1.54) is 9.13 Å². The van der Waals surface area contributed by atoms with Crippen LogP contribution in [0.4, 0.5) is 11.4 Å². The maximum atomic E-state index is 11.4. The number of fused-ring (bicyclic) bond motifs is 2. The SMILES string of the molecule is Ic1ccccc1.O=[N+]([O-])c1ccccc1-c1cccc2c1CC=C2.O=[N+]([O-])c1ccccc1-c1cccc2ccn(-c3ccccc3)c12. The van der Waals surface area contributed by atoms with Crippen LogP contribution in [0.3, 0.4) is 0 Å². The monoisotopic (exact) mass is 755 g/mol. The Morgan fingerprint density at radius 1 is 0.551 bits per heavy atom. The summed E-state index contributed by atoms with van der Waals surface area (Å²) in [6.45, 7) is 0. The van der Waals surface area contributed by atoms with Crippen molar-refractivity contribution in [2.24, 2.45) is 0 Å². The summed E-state index contributed by atoms with van der Waals surface area (Å²) in [6.07, 6.45) is 6.99. The molecular formula is C41H30IN3O4. The lowest BCUT2D eigenvalue weighted by Crippen LogP contribution is -1.96. The van der Waals surface area contributed by atoms with Crippen molar-refractivity contribution in [2.75, 3.05) is 0 Å². The van der Waals surface area contributed by atoms with Gasteiger partial charge < -0.3 is 4.57 Å². The highest BCUT2D eigenvalue weighted by Crippen LogP contribution is 2.37. The van der Waals surface area contributed by atoms with Crippen LogP contribution < -0.4 is 0 Å². The van der Waals surface area contributed by atoms with E-state index in [1.54, 1.807) is 30.3 Å². The molecule has 0 atom stereocenters. The topological polar surface area (TPSA) is 91.2 Å². The van der Waals surface area contributed by atoms with Crippen LogP contribution in [0.15, 0.2) is 164 Å². The molecule has 0 aliphatic heterocycles. The average molecular weight is 756 g/mol. The Morgan fingerprint density at radius 3 is 1.69 bits per heavy atom. The molecule has 1 heterocycles. The molecule has 0 radical (unpaired) electrons. The predicted octanol–water partition coefficient (Wildman–Crippen LogP) is 11.3. The van der Waals surface area contributed by atoms with Crippen molar-refractivity contribution in [1.29, 1.82) is 0 Å². The van der Waals surface area contributed by atoms with Crippen LogP contribution in [0, 0.1) is 23.8 Å². The van der Waals surface area contributed by atoms with Crippen LogP contribution in [0.25, 0.3) is 44.9 Å². The number of nitro groups is 2. The van der Waals surface area contributed by atoms with Gasteiger partial charge in [-0.3, -0.25) is 20.2 Å². The summed E-state index contributed by atoms with van der Waals surface area (Å²) < 4.78 is 3.36. The molecule has 0 unspecified atom stereocenters. The van der Waals surface area contributed by atoms with Crippen molar-refractivity contribution in [3.63, 3.8) is 0 Å². The van der Waals surface area contributed by atoms with Crippen molar-refractivity contribution >= 4 is 50.9 Å². The lowest BCUT2D eigenvalue weighted by Gasteiger charge is -2.10. The van der Waals surface area contributed by atoms with Crippen LogP contribution in [-0.2, 0) is 6.42 Å². The van der Waals surface area contributed by atoms with Gasteiger partial charge in [-0.15, -0.1) is 0 Å². The summed E-state index contributed by atoms with van der Waals surface area (Å²) in [4.78, 5) is 21.9. The fourth-order valence-electron chi connectivity index (χ4n) is 5.90. The molecule has 49 heavy (non-hydrogen) atoms. The normalized spacial score (nSPS) is 11.1. The van der Waals surface area contributed by atoms with Gasteiger partial charge in [0.1, 0.15) is 0 Å². The van der Waals surface area contributed by atoms with Crippen molar-refractivity contribution in [1.82, 2.24) is 4.57 Å². The lowest BCUT2D eigenvalue weighted by molar-refractivity contribution is -0.384. The minimum Gasteiger partial charge on any atom is -0.316 e. The molecule has 0 fully saturated rings. The van der Waals surface area contributed by atoms with E-state index in [-0.39, 0.29) is 21.2 Å². The van der Waals surface area contributed by atoms with E-state index in [9.17, 15) is 20.2 Å². The second-order valence-electron chi connectivity index (χ2n) is 11.1. The van der Waals surface area contributed by atoms with Crippen LogP contribution in [0.1, 0.15) is 11.1 Å². The van der Waals surface area contributed by atoms with Crippen molar-refractivity contribution < 1.29 is 9.85 Å². The number of rotatable bonds is 5. The van der Waals surface area contributed by atoms with Crippen LogP contribution in [0.2, 0.25) is 0 Å². The highest BCUT2D eigenvalue weighted by Gasteiger charge is 2.20. The third kappa shape index (κ3) is 7.50. The van der Waals surface area contributed by atoms with Crippen LogP contribution in [0.5, 0.6) is 0 Å². The zero-order valence-corrected chi connectivity index (χ0v) is 28.4. The molecule has 0 bridgehead atoms. The van der Waals surface area contributed by atoms with Crippen LogP contribution >= 0.6 is 22.6 Å². The minimum absolute atomic E-state index is 0.116. The van der Waals surface area contributed by atoms with Gasteiger partial charge in [-0.1, -0.05) is 109 Å². The van der Waals surface area contributed by atoms with Gasteiger partial charge in [-0.2, -0.15) is 0 Å². The number of allylic oxidation sites excluding steroid dienone is 1. The molecule has 0 amide bonds. The standard InChI is InChI=1S/C20H14N2O2.C15H11NO2.C6H5I/c23-22(24)19-12-5-4-10-17(19)18-11-6-7-15-13-14-21(20(15)18)16-8-2-1-3-9-16;17-16(18)15-10-2-1-7-14(15)13-9-4-6-11-5-3-8-12(11)13;7-6-4-2-1-3-5-6/h1-14H;1-7,9-10H,8H2;1-5H. The second-order valence-corrected chi connectivity index (χ2v) is 12.3. The van der Waals surface area contributed by atoms with E-state index in [0.717, 1.165) is 39.7 Å². The van der Waals surface area contributed by atoms with E-state index in [4.69, 9.17) is 0 Å². The molecule has 0 saturated heterocycles. The summed E-state index contributed by atoms with van der Waals surface area (Å²) in [5.41, 5.74) is 7.75. The average Bonchev–Trinajstić information content (AvgIpc) is 3.81. The first-order valence-electron chi connectivity index (χ1n) is 15.5. The van der Waals surface area contributed by atoms with E-state index in [2.05, 4.69) is 51.4 Å². The van der Waals surface area contributed by atoms with E-state index < -0.39 is 0 Å². The van der Waals surface area contributed by atoms with E-state index >= 15 is 0 Å². The Balaban J connectivity index is 0.000000146. The Morgan fingerprint density at radius 2 is 1.08 bits per heavy atom. The number of aromatic nitrogens is 1. The molecule has 0 saturated carbocycles. The third-order valence-electron chi connectivity index (χ3n) is 8.09. The molecular weight excluding hydrogens is 725 g/mol. The molecule has 1 aromatic heterocycles. The number of nitrogens with zero attached hydrogens (tertiary/aromatic N) is 3. The van der Waals surface area contributed by atoms with Crippen molar-refractivity contribution in [3.8, 4) is 27.9 Å². The van der Waals surface area contributed by atoms with Gasteiger partial charge in [0.2, 0.25) is 0 Å². The Labute approximate surface area is 297 Å². The molecule has 7 nitrogen and oxygen atoms in total. The molecule has 0 spiro atoms. The van der Waals surface area contributed by atoms with Gasteiger partial charge in [-0.05, 0) is 88.2 Å². The molecule has 8 rings (SSSR count). The molecule has 0 N–H and O–H groups in total. The molecule has 1 aliphatic rings. The molecule has 6 aromatic carbocycles. The molecule has 1 aliphatic carbocycles. The number of hydrogen-bond acceptors (Lipinski definition) is 4. The van der Waals surface area contributed by atoms with E-state index in [1.807, 2.05) is 115 Å². The van der Waals surface area contributed by atoms with Crippen molar-refractivity contribution in [3.05, 3.63) is 199 Å². The first kappa shape index (κ1) is 33.0. The zero-order valence-electron chi connectivity index (χ0n) is 26.2. The predicted molar refractivity (Wildman–Crippen MR) is 206 cm³/mol. The molecule has 8 heteroatoms. The van der Waals surface area contributed by atoms with Gasteiger partial charge in [0, 0.05) is 38.5 Å². The van der Waals surface area contributed by atoms with Gasteiger partial charge >= 0.3 is 0 Å². The number of benzene rings is 6. The lowest BCUT2D eigenvalue weighted by atomic mass is 9.95. The first-order chi connectivity index (χ1) is 23.9. The quantitative estimate of drug-likeness (QED) is 0.0993. The van der Waals surface area contributed by atoms with Crippen molar-refractivity contribution in [2.45, 2.75) is 6.42 Å². The molecule has 7 aromatic rings. The minimum atomic E-state index is -0.329. The zero-order chi connectivity index (χ0) is 34.2. The molecule has 240 valence electrons. The highest BCUT2D eigenvalue weighted by atomic mass is 127. The highest BCUT2D eigenvalue weighted by molar-refractivity contribution is 14.1. The maximum Gasteiger partial charge on any atom is 0.277 e. The third-order valence-corrected chi connectivity index (χ3v) is 8.81. The Kier molecular flexibility index (Phi) is 10.4. The number of para-hydroxylation sites is 4. The number of nitro benzene ring substituents is 2. The Hall–Kier alpha value is -5.87. The summed E-state index contributed by atoms with van der Waals surface area (Å²) in [6, 6.07) is 47.8. The largest absolute Gasteiger partial charge is 0.316 e.